The molecule has 0 aliphatic carbocycles. The molecule has 29 heavy (non-hydrogen) atoms. The van der Waals surface area contributed by atoms with Gasteiger partial charge in [-0.2, -0.15) is 5.10 Å². The molecule has 146 valence electrons. The number of anilines is 1. The number of ether oxygens (including phenoxy) is 2. The third kappa shape index (κ3) is 3.08. The van der Waals surface area contributed by atoms with Crippen molar-refractivity contribution in [2.75, 3.05) is 18.5 Å². The number of aromatic amines is 1. The lowest BCUT2D eigenvalue weighted by molar-refractivity contribution is -0.117. The number of benzene rings is 2. The maximum absolute atomic E-state index is 12.8. The van der Waals surface area contributed by atoms with Crippen molar-refractivity contribution in [1.29, 1.82) is 0 Å². The van der Waals surface area contributed by atoms with Crippen molar-refractivity contribution in [3.05, 3.63) is 58.5 Å². The second-order valence-corrected chi connectivity index (χ2v) is 6.98. The SMILES string of the molecule is Cc1ccc2[nH]c3c(=O)n(CC(=O)Nc4ccc5c(c4)OCCO5)ncc3c2c1. The van der Waals surface area contributed by atoms with E-state index in [9.17, 15) is 9.59 Å². The van der Waals surface area contributed by atoms with Crippen molar-refractivity contribution < 1.29 is 14.3 Å². The quantitative estimate of drug-likeness (QED) is 0.560. The zero-order chi connectivity index (χ0) is 20.0. The van der Waals surface area contributed by atoms with E-state index < -0.39 is 0 Å². The standard InChI is InChI=1S/C21H18N4O4/c1-12-2-4-16-14(8-12)15-10-22-25(21(27)20(15)24-16)11-19(26)23-13-3-5-17-18(9-13)29-7-6-28-17/h2-5,8-10,24H,6-7,11H2,1H3,(H,23,26). The van der Waals surface area contributed by atoms with Crippen LogP contribution < -0.4 is 20.3 Å². The van der Waals surface area contributed by atoms with Crippen LogP contribution in [0, 0.1) is 6.92 Å². The van der Waals surface area contributed by atoms with Crippen LogP contribution in [-0.2, 0) is 11.3 Å². The fourth-order valence-corrected chi connectivity index (χ4v) is 3.51. The van der Waals surface area contributed by atoms with Crippen LogP contribution in [0.1, 0.15) is 5.56 Å². The lowest BCUT2D eigenvalue weighted by atomic mass is 10.1. The minimum absolute atomic E-state index is 0.197. The van der Waals surface area contributed by atoms with Crippen molar-refractivity contribution in [3.8, 4) is 11.5 Å². The Bertz CT molecular complexity index is 1320. The number of carbonyl (C=O) groups excluding carboxylic acids is 1. The Morgan fingerprint density at radius 2 is 1.97 bits per heavy atom. The summed E-state index contributed by atoms with van der Waals surface area (Å²) in [5.74, 6) is 0.869. The van der Waals surface area contributed by atoms with Gasteiger partial charge in [-0.1, -0.05) is 11.6 Å². The van der Waals surface area contributed by atoms with E-state index in [0.29, 0.717) is 35.9 Å². The van der Waals surface area contributed by atoms with Crippen molar-refractivity contribution in [2.45, 2.75) is 13.5 Å². The summed E-state index contributed by atoms with van der Waals surface area (Å²) in [7, 11) is 0. The Morgan fingerprint density at radius 1 is 1.14 bits per heavy atom. The number of H-pyrrole nitrogens is 1. The van der Waals surface area contributed by atoms with Crippen molar-refractivity contribution >= 4 is 33.4 Å². The number of aromatic nitrogens is 3. The average molecular weight is 390 g/mol. The largest absolute Gasteiger partial charge is 0.486 e. The highest BCUT2D eigenvalue weighted by molar-refractivity contribution is 6.06. The van der Waals surface area contributed by atoms with Crippen LogP contribution in [0.3, 0.4) is 0 Å². The molecule has 0 saturated carbocycles. The van der Waals surface area contributed by atoms with Crippen LogP contribution >= 0.6 is 0 Å². The monoisotopic (exact) mass is 390 g/mol. The highest BCUT2D eigenvalue weighted by Crippen LogP contribution is 2.32. The summed E-state index contributed by atoms with van der Waals surface area (Å²) in [4.78, 5) is 28.4. The molecule has 0 bridgehead atoms. The number of carbonyl (C=O) groups is 1. The molecule has 0 radical (unpaired) electrons. The molecule has 1 aliphatic rings. The van der Waals surface area contributed by atoms with E-state index >= 15 is 0 Å². The normalized spacial score (nSPS) is 13.0. The maximum atomic E-state index is 12.8. The minimum Gasteiger partial charge on any atom is -0.486 e. The molecule has 3 heterocycles. The zero-order valence-corrected chi connectivity index (χ0v) is 15.7. The van der Waals surface area contributed by atoms with Crippen LogP contribution in [0.5, 0.6) is 11.5 Å². The van der Waals surface area contributed by atoms with Gasteiger partial charge in [-0.25, -0.2) is 4.68 Å². The van der Waals surface area contributed by atoms with Gasteiger partial charge in [-0.3, -0.25) is 9.59 Å². The van der Waals surface area contributed by atoms with Gasteiger partial charge in [0.2, 0.25) is 5.91 Å². The molecule has 0 fully saturated rings. The molecule has 2 N–H and O–H groups in total. The highest BCUT2D eigenvalue weighted by atomic mass is 16.6. The van der Waals surface area contributed by atoms with Gasteiger partial charge in [0.15, 0.2) is 11.5 Å². The van der Waals surface area contributed by atoms with Gasteiger partial charge in [0.25, 0.3) is 5.56 Å². The predicted molar refractivity (Wildman–Crippen MR) is 109 cm³/mol. The Balaban J connectivity index is 1.41. The summed E-state index contributed by atoms with van der Waals surface area (Å²) in [6.45, 7) is 2.77. The Kier molecular flexibility index (Phi) is 3.97. The smallest absolute Gasteiger partial charge is 0.291 e. The lowest BCUT2D eigenvalue weighted by Gasteiger charge is -2.19. The lowest BCUT2D eigenvalue weighted by Crippen LogP contribution is -2.29. The van der Waals surface area contributed by atoms with Crippen molar-refractivity contribution in [1.82, 2.24) is 14.8 Å². The second kappa shape index (κ2) is 6.66. The third-order valence-electron chi connectivity index (χ3n) is 4.89. The predicted octanol–water partition coefficient (Wildman–Crippen LogP) is 2.60. The fraction of sp³-hybridized carbons (Fsp3) is 0.190. The van der Waals surface area contributed by atoms with Gasteiger partial charge in [-0.15, -0.1) is 0 Å². The van der Waals surface area contributed by atoms with E-state index in [1.807, 2.05) is 25.1 Å². The molecule has 0 spiro atoms. The van der Waals surface area contributed by atoms with E-state index in [-0.39, 0.29) is 18.0 Å². The number of hydrogen-bond donors (Lipinski definition) is 2. The molecular weight excluding hydrogens is 372 g/mol. The first-order valence-corrected chi connectivity index (χ1v) is 9.26. The van der Waals surface area contributed by atoms with Crippen LogP contribution in [0.25, 0.3) is 21.8 Å². The first kappa shape index (κ1) is 17.3. The third-order valence-corrected chi connectivity index (χ3v) is 4.89. The molecule has 8 nitrogen and oxygen atoms in total. The Morgan fingerprint density at radius 3 is 2.83 bits per heavy atom. The van der Waals surface area contributed by atoms with Crippen LogP contribution in [-0.4, -0.2) is 33.9 Å². The summed E-state index contributed by atoms with van der Waals surface area (Å²) in [6, 6.07) is 11.1. The molecule has 2 aromatic heterocycles. The number of fused-ring (bicyclic) bond motifs is 4. The van der Waals surface area contributed by atoms with E-state index in [0.717, 1.165) is 26.5 Å². The molecule has 1 amide bonds. The molecule has 0 atom stereocenters. The van der Waals surface area contributed by atoms with Crippen molar-refractivity contribution in [2.24, 2.45) is 0 Å². The molecule has 4 aromatic rings. The number of amides is 1. The van der Waals surface area contributed by atoms with E-state index in [1.165, 1.54) is 0 Å². The van der Waals surface area contributed by atoms with Crippen LogP contribution in [0.2, 0.25) is 0 Å². The van der Waals surface area contributed by atoms with Gasteiger partial charge in [0.1, 0.15) is 25.3 Å². The summed E-state index contributed by atoms with van der Waals surface area (Å²) < 4.78 is 12.1. The zero-order valence-electron chi connectivity index (χ0n) is 15.7. The topological polar surface area (TPSA) is 98.2 Å². The first-order chi connectivity index (χ1) is 14.1. The molecule has 0 unspecified atom stereocenters. The van der Waals surface area contributed by atoms with Gasteiger partial charge in [-0.05, 0) is 31.2 Å². The van der Waals surface area contributed by atoms with Crippen LogP contribution in [0.4, 0.5) is 5.69 Å². The molecule has 8 heteroatoms. The number of hydrogen-bond acceptors (Lipinski definition) is 5. The Labute approximate surface area is 165 Å². The summed E-state index contributed by atoms with van der Waals surface area (Å²) in [6.07, 6.45) is 1.62. The summed E-state index contributed by atoms with van der Waals surface area (Å²) in [5, 5.41) is 8.64. The van der Waals surface area contributed by atoms with Crippen molar-refractivity contribution in [3.63, 3.8) is 0 Å². The number of nitrogens with one attached hydrogen (secondary N) is 2. The van der Waals surface area contributed by atoms with E-state index in [4.69, 9.17) is 9.47 Å². The second-order valence-electron chi connectivity index (χ2n) is 6.98. The average Bonchev–Trinajstić information content (AvgIpc) is 3.08. The fourth-order valence-electron chi connectivity index (χ4n) is 3.51. The van der Waals surface area contributed by atoms with Gasteiger partial charge < -0.3 is 19.8 Å². The number of aryl methyl sites for hydroxylation is 1. The van der Waals surface area contributed by atoms with Gasteiger partial charge in [0, 0.05) is 28.0 Å². The molecular formula is C21H18N4O4. The van der Waals surface area contributed by atoms with Gasteiger partial charge in [0.05, 0.1) is 6.20 Å². The van der Waals surface area contributed by atoms with E-state index in [1.54, 1.807) is 24.4 Å². The van der Waals surface area contributed by atoms with Gasteiger partial charge >= 0.3 is 0 Å². The Hall–Kier alpha value is -3.81. The molecule has 5 rings (SSSR count). The number of nitrogens with zero attached hydrogens (tertiary/aromatic N) is 2. The summed E-state index contributed by atoms with van der Waals surface area (Å²) >= 11 is 0. The highest BCUT2D eigenvalue weighted by Gasteiger charge is 2.15. The minimum atomic E-state index is -0.359. The molecule has 2 aromatic carbocycles. The molecule has 1 aliphatic heterocycles. The summed E-state index contributed by atoms with van der Waals surface area (Å²) in [5.41, 5.74) is 2.63. The van der Waals surface area contributed by atoms with Crippen LogP contribution in [0.15, 0.2) is 47.4 Å². The number of rotatable bonds is 3. The first-order valence-electron chi connectivity index (χ1n) is 9.26. The van der Waals surface area contributed by atoms with E-state index in [2.05, 4.69) is 15.4 Å². The molecule has 0 saturated heterocycles. The maximum Gasteiger partial charge on any atom is 0.291 e.